The maximum atomic E-state index is 11.9. The second-order valence-electron chi connectivity index (χ2n) is 7.31. The van der Waals surface area contributed by atoms with Crippen LogP contribution in [0.1, 0.15) is 11.1 Å². The van der Waals surface area contributed by atoms with Crippen molar-refractivity contribution < 1.29 is 24.1 Å². The molecule has 35 heavy (non-hydrogen) atoms. The van der Waals surface area contributed by atoms with Gasteiger partial charge < -0.3 is 30.4 Å². The first kappa shape index (κ1) is 24.9. The Labute approximate surface area is 215 Å². The van der Waals surface area contributed by atoms with Crippen LogP contribution in [0.4, 0.5) is 10.6 Å². The number of thiophene rings is 1. The molecule has 4 rings (SSSR count). The molecule has 182 valence electrons. The van der Waals surface area contributed by atoms with Gasteiger partial charge in [-0.25, -0.2) is 9.78 Å². The predicted molar refractivity (Wildman–Crippen MR) is 137 cm³/mol. The molecule has 0 fully saturated rings. The van der Waals surface area contributed by atoms with E-state index in [1.54, 1.807) is 30.3 Å². The van der Waals surface area contributed by atoms with Crippen LogP contribution in [0.15, 0.2) is 54.0 Å². The van der Waals surface area contributed by atoms with Gasteiger partial charge in [-0.1, -0.05) is 35.3 Å². The number of benzene rings is 2. The number of fused-ring (bicyclic) bond motifs is 1. The molecule has 0 atom stereocenters. The fourth-order valence-corrected chi connectivity index (χ4v) is 4.47. The number of pyridine rings is 1. The first-order valence-electron chi connectivity index (χ1n) is 10.4. The van der Waals surface area contributed by atoms with E-state index in [9.17, 15) is 4.79 Å². The number of anilines is 1. The number of amides is 1. The van der Waals surface area contributed by atoms with E-state index >= 15 is 0 Å². The molecule has 2 heterocycles. The third kappa shape index (κ3) is 6.26. The highest BCUT2D eigenvalue weighted by molar-refractivity contribution is 7.17. The lowest BCUT2D eigenvalue weighted by Crippen LogP contribution is -2.29. The number of halogens is 2. The number of nitrogens with one attached hydrogen (secondary N) is 1. The van der Waals surface area contributed by atoms with E-state index in [1.807, 2.05) is 17.5 Å². The van der Waals surface area contributed by atoms with E-state index < -0.39 is 6.09 Å². The van der Waals surface area contributed by atoms with E-state index in [0.29, 0.717) is 38.2 Å². The molecule has 0 saturated heterocycles. The van der Waals surface area contributed by atoms with Gasteiger partial charge >= 0.3 is 6.09 Å². The maximum absolute atomic E-state index is 11.9. The van der Waals surface area contributed by atoms with E-state index in [2.05, 4.69) is 10.3 Å². The Morgan fingerprint density at radius 3 is 2.66 bits per heavy atom. The molecule has 8 nitrogen and oxygen atoms in total. The van der Waals surface area contributed by atoms with E-state index in [-0.39, 0.29) is 31.3 Å². The summed E-state index contributed by atoms with van der Waals surface area (Å²) in [6.07, 6.45) is 0.690. The minimum Gasteiger partial charge on any atom is -0.489 e. The number of rotatable bonds is 9. The van der Waals surface area contributed by atoms with Crippen molar-refractivity contribution in [2.75, 3.05) is 18.9 Å². The van der Waals surface area contributed by atoms with Gasteiger partial charge in [-0.05, 0) is 35.2 Å². The minimum absolute atomic E-state index is 0.0805. The molecule has 0 bridgehead atoms. The lowest BCUT2D eigenvalue weighted by atomic mass is 10.2. The van der Waals surface area contributed by atoms with Gasteiger partial charge in [0.2, 0.25) is 0 Å². The number of aliphatic hydroxyl groups excluding tert-OH is 1. The molecule has 0 radical (unpaired) electrons. The number of aliphatic hydroxyl groups is 1. The largest absolute Gasteiger partial charge is 0.489 e. The Hall–Kier alpha value is -3.24. The van der Waals surface area contributed by atoms with Crippen molar-refractivity contribution in [2.45, 2.75) is 13.2 Å². The summed E-state index contributed by atoms with van der Waals surface area (Å²) in [7, 11) is 0. The second kappa shape index (κ2) is 11.5. The number of aromatic nitrogens is 1. The fourth-order valence-electron chi connectivity index (χ4n) is 3.17. The van der Waals surface area contributed by atoms with Crippen LogP contribution in [0.3, 0.4) is 0 Å². The van der Waals surface area contributed by atoms with Crippen molar-refractivity contribution >= 4 is 56.5 Å². The molecule has 11 heteroatoms. The lowest BCUT2D eigenvalue weighted by Gasteiger charge is -2.12. The number of nitrogens with zero attached hydrogens (tertiary/aromatic N) is 1. The summed E-state index contributed by atoms with van der Waals surface area (Å²) in [6, 6.07) is 12.6. The Morgan fingerprint density at radius 2 is 1.89 bits per heavy atom. The molecule has 4 aromatic rings. The van der Waals surface area contributed by atoms with Crippen LogP contribution < -0.4 is 25.3 Å². The number of hydrogen-bond acceptors (Lipinski definition) is 8. The predicted octanol–water partition coefficient (Wildman–Crippen LogP) is 5.42. The molecule has 0 unspecified atom stereocenters. The van der Waals surface area contributed by atoms with Gasteiger partial charge in [-0.15, -0.1) is 11.3 Å². The molecule has 0 spiro atoms. The molecule has 0 aliphatic rings. The summed E-state index contributed by atoms with van der Waals surface area (Å²) in [5.74, 6) is 1.59. The first-order valence-corrected chi connectivity index (χ1v) is 12.1. The highest BCUT2D eigenvalue weighted by Gasteiger charge is 2.17. The van der Waals surface area contributed by atoms with Crippen LogP contribution in [-0.4, -0.2) is 29.3 Å². The molecule has 0 aliphatic heterocycles. The third-order valence-electron chi connectivity index (χ3n) is 4.86. The molecule has 0 aliphatic carbocycles. The van der Waals surface area contributed by atoms with Gasteiger partial charge in [0, 0.05) is 28.6 Å². The monoisotopic (exact) mass is 533 g/mol. The number of nitrogen functional groups attached to an aromatic ring is 1. The molecule has 2 aromatic carbocycles. The van der Waals surface area contributed by atoms with Crippen LogP contribution in [0.2, 0.25) is 10.0 Å². The Balaban J connectivity index is 1.47. The Morgan fingerprint density at radius 1 is 1.09 bits per heavy atom. The molecule has 1 amide bonds. The number of ether oxygens (including phenoxy) is 3. The summed E-state index contributed by atoms with van der Waals surface area (Å²) >= 11 is 13.6. The number of carbonyl (C=O) groups is 1. The van der Waals surface area contributed by atoms with Crippen molar-refractivity contribution in [1.82, 2.24) is 10.3 Å². The SMILES string of the molecule is Nc1ncc(OC(=O)NCCO)c2scc(COc3cc(OCc4ccc(Cl)cc4)ccc3Cl)c12. The zero-order valence-electron chi connectivity index (χ0n) is 18.3. The Kier molecular flexibility index (Phi) is 8.14. The smallest absolute Gasteiger partial charge is 0.412 e. The summed E-state index contributed by atoms with van der Waals surface area (Å²) in [6.45, 7) is 0.411. The van der Waals surface area contributed by atoms with Crippen molar-refractivity contribution in [2.24, 2.45) is 0 Å². The van der Waals surface area contributed by atoms with Crippen molar-refractivity contribution in [3.05, 3.63) is 75.2 Å². The normalized spacial score (nSPS) is 10.8. The van der Waals surface area contributed by atoms with Gasteiger partial charge in [0.05, 0.1) is 22.5 Å². The second-order valence-corrected chi connectivity index (χ2v) is 9.03. The quantitative estimate of drug-likeness (QED) is 0.263. The van der Waals surface area contributed by atoms with E-state index in [0.717, 1.165) is 11.1 Å². The maximum Gasteiger partial charge on any atom is 0.412 e. The van der Waals surface area contributed by atoms with Crippen LogP contribution in [0.25, 0.3) is 10.1 Å². The standard InChI is InChI=1S/C24H21Cl2N3O5S/c25-16-3-1-14(2-4-16)11-32-17-5-6-18(26)19(9-17)33-12-15-13-35-22-20(10-29-23(27)21(15)22)34-24(31)28-7-8-30/h1-6,9-10,13,30H,7-8,11-12H2,(H2,27,29)(H,28,31). The summed E-state index contributed by atoms with van der Waals surface area (Å²) < 4.78 is 17.8. The van der Waals surface area contributed by atoms with Crippen LogP contribution in [0.5, 0.6) is 17.2 Å². The van der Waals surface area contributed by atoms with Gasteiger partial charge in [0.15, 0.2) is 5.75 Å². The zero-order chi connectivity index (χ0) is 24.8. The zero-order valence-corrected chi connectivity index (χ0v) is 20.6. The van der Waals surface area contributed by atoms with Crippen molar-refractivity contribution in [3.8, 4) is 17.2 Å². The number of hydrogen-bond donors (Lipinski definition) is 3. The van der Waals surface area contributed by atoms with Crippen LogP contribution in [-0.2, 0) is 13.2 Å². The molecular formula is C24H21Cl2N3O5S. The molecular weight excluding hydrogens is 513 g/mol. The van der Waals surface area contributed by atoms with E-state index in [1.165, 1.54) is 17.5 Å². The summed E-state index contributed by atoms with van der Waals surface area (Å²) in [5, 5.41) is 14.8. The molecule has 4 N–H and O–H groups in total. The fraction of sp³-hybridized carbons (Fsp3) is 0.167. The highest BCUT2D eigenvalue weighted by atomic mass is 35.5. The van der Waals surface area contributed by atoms with Crippen molar-refractivity contribution in [3.63, 3.8) is 0 Å². The lowest BCUT2D eigenvalue weighted by molar-refractivity contribution is 0.196. The first-order chi connectivity index (χ1) is 16.9. The van der Waals surface area contributed by atoms with Crippen LogP contribution in [0, 0.1) is 0 Å². The summed E-state index contributed by atoms with van der Waals surface area (Å²) in [4.78, 5) is 16.0. The highest BCUT2D eigenvalue weighted by Crippen LogP contribution is 2.38. The van der Waals surface area contributed by atoms with Gasteiger partial charge in [0.1, 0.15) is 30.5 Å². The van der Waals surface area contributed by atoms with E-state index in [4.69, 9.17) is 48.3 Å². The average molecular weight is 534 g/mol. The number of nitrogens with two attached hydrogens (primary N) is 1. The van der Waals surface area contributed by atoms with Crippen LogP contribution >= 0.6 is 34.5 Å². The average Bonchev–Trinajstić information content (AvgIpc) is 3.29. The van der Waals surface area contributed by atoms with Gasteiger partial charge in [0.25, 0.3) is 0 Å². The summed E-state index contributed by atoms with van der Waals surface area (Å²) in [5.41, 5.74) is 7.84. The molecule has 2 aromatic heterocycles. The van der Waals surface area contributed by atoms with Gasteiger partial charge in [-0.3, -0.25) is 0 Å². The minimum atomic E-state index is -0.694. The van der Waals surface area contributed by atoms with Gasteiger partial charge in [-0.2, -0.15) is 0 Å². The Bertz CT molecular complexity index is 1330. The van der Waals surface area contributed by atoms with Crippen molar-refractivity contribution in [1.29, 1.82) is 0 Å². The topological polar surface area (TPSA) is 116 Å². The third-order valence-corrected chi connectivity index (χ3v) is 6.46. The number of carbonyl (C=O) groups excluding carboxylic acids is 1. The molecule has 0 saturated carbocycles.